The van der Waals surface area contributed by atoms with E-state index < -0.39 is 0 Å². The molecule has 74 valence electrons. The van der Waals surface area contributed by atoms with Crippen LogP contribution in [0.5, 0.6) is 0 Å². The molecular formula is C12H15NO. The molecule has 0 fully saturated rings. The van der Waals surface area contributed by atoms with Gasteiger partial charge in [0.15, 0.2) is 0 Å². The molecule has 1 heterocycles. The van der Waals surface area contributed by atoms with Gasteiger partial charge in [-0.15, -0.1) is 0 Å². The van der Waals surface area contributed by atoms with Crippen molar-refractivity contribution in [2.45, 2.75) is 32.7 Å². The number of carbonyl (C=O) groups excluding carboxylic acids is 1. The highest BCUT2D eigenvalue weighted by Crippen LogP contribution is 2.19. The van der Waals surface area contributed by atoms with Gasteiger partial charge in [0.2, 0.25) is 0 Å². The number of benzene rings is 1. The molecule has 1 aliphatic rings. The molecule has 2 heteroatoms. The molecule has 1 amide bonds. The minimum atomic E-state index is 0.0850. The van der Waals surface area contributed by atoms with Crippen molar-refractivity contribution in [1.82, 2.24) is 5.32 Å². The third-order valence-electron chi connectivity index (χ3n) is 2.80. The van der Waals surface area contributed by atoms with Crippen LogP contribution < -0.4 is 5.32 Å². The molecule has 0 saturated heterocycles. The van der Waals surface area contributed by atoms with E-state index >= 15 is 0 Å². The lowest BCUT2D eigenvalue weighted by molar-refractivity contribution is 0.0924. The van der Waals surface area contributed by atoms with Gasteiger partial charge in [-0.25, -0.2) is 0 Å². The summed E-state index contributed by atoms with van der Waals surface area (Å²) < 4.78 is 0. The summed E-state index contributed by atoms with van der Waals surface area (Å²) in [7, 11) is 0. The molecule has 1 aromatic carbocycles. The summed E-state index contributed by atoms with van der Waals surface area (Å²) in [6, 6.07) is 6.44. The highest BCUT2D eigenvalue weighted by atomic mass is 16.1. The third-order valence-corrected chi connectivity index (χ3v) is 2.80. The van der Waals surface area contributed by atoms with Crippen LogP contribution in [0.15, 0.2) is 18.2 Å². The molecule has 0 aliphatic carbocycles. The van der Waals surface area contributed by atoms with Gasteiger partial charge in [-0.2, -0.15) is 0 Å². The molecule has 1 atom stereocenters. The number of fused-ring (bicyclic) bond motifs is 1. The minimum absolute atomic E-state index is 0.0850. The van der Waals surface area contributed by atoms with E-state index in [1.54, 1.807) is 0 Å². The molecule has 0 saturated carbocycles. The summed E-state index contributed by atoms with van der Waals surface area (Å²) in [5, 5.41) is 3.01. The van der Waals surface area contributed by atoms with Crippen molar-refractivity contribution in [2.24, 2.45) is 0 Å². The van der Waals surface area contributed by atoms with Crippen LogP contribution in [0.2, 0.25) is 0 Å². The van der Waals surface area contributed by atoms with Gasteiger partial charge in [0.1, 0.15) is 0 Å². The quantitative estimate of drug-likeness (QED) is 0.719. The predicted octanol–water partition coefficient (Wildman–Crippen LogP) is 2.06. The minimum Gasteiger partial charge on any atom is -0.349 e. The Labute approximate surface area is 84.3 Å². The van der Waals surface area contributed by atoms with Crippen molar-refractivity contribution < 1.29 is 4.79 Å². The first-order chi connectivity index (χ1) is 6.70. The van der Waals surface area contributed by atoms with Crippen molar-refractivity contribution in [2.75, 3.05) is 0 Å². The average Bonchev–Trinajstić information content (AvgIpc) is 2.19. The molecule has 2 nitrogen and oxygen atoms in total. The maximum atomic E-state index is 11.7. The second kappa shape index (κ2) is 3.45. The van der Waals surface area contributed by atoms with Gasteiger partial charge in [0.25, 0.3) is 5.91 Å². The Morgan fingerprint density at radius 3 is 3.00 bits per heavy atom. The van der Waals surface area contributed by atoms with Crippen LogP contribution in [0, 0.1) is 6.92 Å². The number of amides is 1. The summed E-state index contributed by atoms with van der Waals surface area (Å²) in [4.78, 5) is 11.7. The van der Waals surface area contributed by atoms with E-state index in [-0.39, 0.29) is 5.91 Å². The summed E-state index contributed by atoms with van der Waals surface area (Å²) in [5.74, 6) is 0.0850. The predicted molar refractivity (Wildman–Crippen MR) is 56.4 cm³/mol. The van der Waals surface area contributed by atoms with E-state index in [4.69, 9.17) is 0 Å². The molecule has 0 radical (unpaired) electrons. The lowest BCUT2D eigenvalue weighted by Crippen LogP contribution is -2.40. The van der Waals surface area contributed by atoms with Gasteiger partial charge in [-0.3, -0.25) is 4.79 Å². The van der Waals surface area contributed by atoms with E-state index in [1.807, 2.05) is 13.0 Å². The van der Waals surface area contributed by atoms with Crippen LogP contribution >= 0.6 is 0 Å². The molecule has 1 N–H and O–H groups in total. The molecule has 1 unspecified atom stereocenters. The summed E-state index contributed by atoms with van der Waals surface area (Å²) in [6.07, 6.45) is 1.97. The van der Waals surface area contributed by atoms with Gasteiger partial charge >= 0.3 is 0 Å². The van der Waals surface area contributed by atoms with Gasteiger partial charge < -0.3 is 5.32 Å². The molecule has 2 rings (SSSR count). The van der Waals surface area contributed by atoms with Crippen molar-refractivity contribution >= 4 is 5.91 Å². The fraction of sp³-hybridized carbons (Fsp3) is 0.417. The Morgan fingerprint density at radius 2 is 2.29 bits per heavy atom. The average molecular weight is 189 g/mol. The van der Waals surface area contributed by atoms with Gasteiger partial charge in [0, 0.05) is 11.6 Å². The number of aryl methyl sites for hydroxylation is 1. The number of rotatable bonds is 1. The zero-order valence-electron chi connectivity index (χ0n) is 8.63. The first kappa shape index (κ1) is 9.25. The van der Waals surface area contributed by atoms with Crippen LogP contribution in [0.25, 0.3) is 0 Å². The summed E-state index contributed by atoms with van der Waals surface area (Å²) in [5.41, 5.74) is 3.19. The van der Waals surface area contributed by atoms with E-state index in [1.165, 1.54) is 5.56 Å². The van der Waals surface area contributed by atoms with Crippen molar-refractivity contribution in [3.63, 3.8) is 0 Å². The van der Waals surface area contributed by atoms with Gasteiger partial charge in [-0.05, 0) is 31.4 Å². The highest BCUT2D eigenvalue weighted by molar-refractivity contribution is 5.97. The monoisotopic (exact) mass is 189 g/mol. The Bertz CT molecular complexity index is 371. The SMILES string of the molecule is CCC1Cc2ccc(C)cc2C(=O)N1. The Hall–Kier alpha value is -1.31. The number of hydrogen-bond acceptors (Lipinski definition) is 1. The highest BCUT2D eigenvalue weighted by Gasteiger charge is 2.22. The smallest absolute Gasteiger partial charge is 0.251 e. The fourth-order valence-electron chi connectivity index (χ4n) is 1.91. The Morgan fingerprint density at radius 1 is 1.50 bits per heavy atom. The van der Waals surface area contributed by atoms with Crippen LogP contribution in [-0.2, 0) is 6.42 Å². The topological polar surface area (TPSA) is 29.1 Å². The molecule has 1 aromatic rings. The molecule has 0 bridgehead atoms. The second-order valence-corrected chi connectivity index (χ2v) is 3.94. The lowest BCUT2D eigenvalue weighted by atomic mass is 9.93. The Balaban J connectivity index is 2.40. The largest absolute Gasteiger partial charge is 0.349 e. The first-order valence-electron chi connectivity index (χ1n) is 5.11. The number of nitrogens with one attached hydrogen (secondary N) is 1. The molecular weight excluding hydrogens is 174 g/mol. The third kappa shape index (κ3) is 1.52. The van der Waals surface area contributed by atoms with Crippen molar-refractivity contribution in [3.8, 4) is 0 Å². The molecule has 1 aliphatic heterocycles. The molecule has 0 spiro atoms. The summed E-state index contributed by atoms with van der Waals surface area (Å²) in [6.45, 7) is 4.11. The standard InChI is InChI=1S/C12H15NO/c1-3-10-7-9-5-4-8(2)6-11(9)12(14)13-10/h4-6,10H,3,7H2,1-2H3,(H,13,14). The van der Waals surface area contributed by atoms with Crippen LogP contribution in [0.1, 0.15) is 34.8 Å². The number of hydrogen-bond donors (Lipinski definition) is 1. The normalized spacial score (nSPS) is 20.1. The maximum absolute atomic E-state index is 11.7. The summed E-state index contributed by atoms with van der Waals surface area (Å²) >= 11 is 0. The van der Waals surface area contributed by atoms with E-state index in [0.717, 1.165) is 24.0 Å². The van der Waals surface area contributed by atoms with Gasteiger partial charge in [-0.1, -0.05) is 24.6 Å². The van der Waals surface area contributed by atoms with Gasteiger partial charge in [0.05, 0.1) is 0 Å². The zero-order chi connectivity index (χ0) is 10.1. The second-order valence-electron chi connectivity index (χ2n) is 3.94. The van der Waals surface area contributed by atoms with Crippen molar-refractivity contribution in [1.29, 1.82) is 0 Å². The number of carbonyl (C=O) groups is 1. The molecule has 0 aromatic heterocycles. The van der Waals surface area contributed by atoms with E-state index in [0.29, 0.717) is 6.04 Å². The van der Waals surface area contributed by atoms with Crippen LogP contribution in [-0.4, -0.2) is 11.9 Å². The maximum Gasteiger partial charge on any atom is 0.251 e. The van der Waals surface area contributed by atoms with Crippen molar-refractivity contribution in [3.05, 3.63) is 34.9 Å². The zero-order valence-corrected chi connectivity index (χ0v) is 8.63. The first-order valence-corrected chi connectivity index (χ1v) is 5.11. The molecule has 14 heavy (non-hydrogen) atoms. The van der Waals surface area contributed by atoms with Crippen LogP contribution in [0.3, 0.4) is 0 Å². The lowest BCUT2D eigenvalue weighted by Gasteiger charge is -2.24. The Kier molecular flexibility index (Phi) is 2.28. The van der Waals surface area contributed by atoms with E-state index in [2.05, 4.69) is 24.4 Å². The van der Waals surface area contributed by atoms with Crippen LogP contribution in [0.4, 0.5) is 0 Å². The van der Waals surface area contributed by atoms with E-state index in [9.17, 15) is 4.79 Å². The fourth-order valence-corrected chi connectivity index (χ4v) is 1.91.